The van der Waals surface area contributed by atoms with E-state index in [1.165, 1.54) is 25.1 Å². The average molecular weight is 330 g/mol. The Hall–Kier alpha value is -3.01. The normalized spacial score (nSPS) is 11.5. The molecule has 0 aromatic heterocycles. The van der Waals surface area contributed by atoms with E-state index >= 15 is 0 Å². The van der Waals surface area contributed by atoms with Crippen LogP contribution in [0.2, 0.25) is 0 Å². The minimum absolute atomic E-state index is 0.00565. The first-order chi connectivity index (χ1) is 11.0. The van der Waals surface area contributed by atoms with Crippen LogP contribution < -0.4 is 0 Å². The summed E-state index contributed by atoms with van der Waals surface area (Å²) >= 11 is 0. The third-order valence-corrected chi connectivity index (χ3v) is 2.89. The van der Waals surface area contributed by atoms with Gasteiger partial charge in [0, 0.05) is 11.6 Å². The molecule has 126 valence electrons. The summed E-state index contributed by atoms with van der Waals surface area (Å²) in [6.45, 7) is 6.34. The van der Waals surface area contributed by atoms with Crippen LogP contribution in [0.15, 0.2) is 23.8 Å². The Balaban J connectivity index is 3.37. The van der Waals surface area contributed by atoms with E-state index in [0.29, 0.717) is 0 Å². The number of nitro groups is 1. The lowest BCUT2D eigenvalue weighted by molar-refractivity contribution is -0.385. The minimum atomic E-state index is -0.754. The van der Waals surface area contributed by atoms with Gasteiger partial charge in [0.2, 0.25) is 0 Å². The molecule has 1 rings (SSSR count). The Morgan fingerprint density at radius 1 is 1.38 bits per heavy atom. The fourth-order valence-corrected chi connectivity index (χ4v) is 1.84. The van der Waals surface area contributed by atoms with Gasteiger partial charge in [0.25, 0.3) is 5.69 Å². The molecule has 0 saturated heterocycles. The number of rotatable bonds is 5. The quantitative estimate of drug-likeness (QED) is 0.269. The minimum Gasteiger partial charge on any atom is -0.457 e. The standard InChI is InChI=1S/C17H18N2O5/c1-11(20)12-5-6-13(15(10-12)19(22)23)9-14(7-8-18)16(21)24-17(2,3)4/h5-6,9-10H,7H2,1-4H3/b14-9+. The number of hydrogen-bond acceptors (Lipinski definition) is 6. The lowest BCUT2D eigenvalue weighted by Crippen LogP contribution is -2.24. The van der Waals surface area contributed by atoms with Gasteiger partial charge in [0.1, 0.15) is 5.60 Å². The van der Waals surface area contributed by atoms with E-state index in [2.05, 4.69) is 0 Å². The van der Waals surface area contributed by atoms with Crippen LogP contribution >= 0.6 is 0 Å². The van der Waals surface area contributed by atoms with Gasteiger partial charge >= 0.3 is 5.97 Å². The molecule has 0 radical (unpaired) electrons. The third kappa shape index (κ3) is 5.32. The number of nitriles is 1. The first-order valence-corrected chi connectivity index (χ1v) is 7.15. The monoisotopic (exact) mass is 330 g/mol. The maximum absolute atomic E-state index is 12.1. The highest BCUT2D eigenvalue weighted by Gasteiger charge is 2.22. The summed E-state index contributed by atoms with van der Waals surface area (Å²) in [5.41, 5.74) is -0.748. The molecule has 0 fully saturated rings. The number of ketones is 1. The maximum atomic E-state index is 12.1. The summed E-state index contributed by atoms with van der Waals surface area (Å²) in [6, 6.07) is 5.79. The highest BCUT2D eigenvalue weighted by atomic mass is 16.6. The fraction of sp³-hybridized carbons (Fsp3) is 0.353. The fourth-order valence-electron chi connectivity index (χ4n) is 1.84. The summed E-state index contributed by atoms with van der Waals surface area (Å²) in [7, 11) is 0. The molecule has 0 heterocycles. The summed E-state index contributed by atoms with van der Waals surface area (Å²) in [5, 5.41) is 20.1. The molecule has 24 heavy (non-hydrogen) atoms. The maximum Gasteiger partial charge on any atom is 0.335 e. The van der Waals surface area contributed by atoms with Crippen LogP contribution in [0, 0.1) is 21.4 Å². The lowest BCUT2D eigenvalue weighted by Gasteiger charge is -2.20. The molecule has 1 aromatic carbocycles. The number of esters is 1. The van der Waals surface area contributed by atoms with Gasteiger partial charge < -0.3 is 4.74 Å². The number of nitro benzene ring substituents is 1. The molecular formula is C17H18N2O5. The summed E-state index contributed by atoms with van der Waals surface area (Å²) < 4.78 is 5.20. The second kappa shape index (κ2) is 7.51. The van der Waals surface area contributed by atoms with E-state index in [1.54, 1.807) is 20.8 Å². The molecular weight excluding hydrogens is 312 g/mol. The zero-order valence-corrected chi connectivity index (χ0v) is 14.0. The van der Waals surface area contributed by atoms with Crippen molar-refractivity contribution in [3.63, 3.8) is 0 Å². The second-order valence-corrected chi connectivity index (χ2v) is 6.09. The number of hydrogen-bond donors (Lipinski definition) is 0. The van der Waals surface area contributed by atoms with Crippen molar-refractivity contribution in [3.05, 3.63) is 45.0 Å². The summed E-state index contributed by atoms with van der Waals surface area (Å²) in [6.07, 6.45) is 1.000. The van der Waals surface area contributed by atoms with E-state index in [1.807, 2.05) is 6.07 Å². The molecule has 0 bridgehead atoms. The van der Waals surface area contributed by atoms with Crippen molar-refractivity contribution in [1.82, 2.24) is 0 Å². The molecule has 0 saturated carbocycles. The van der Waals surface area contributed by atoms with Crippen LogP contribution in [0.5, 0.6) is 0 Å². The molecule has 7 heteroatoms. The van der Waals surface area contributed by atoms with E-state index in [9.17, 15) is 19.7 Å². The van der Waals surface area contributed by atoms with Gasteiger partial charge in [-0.05, 0) is 39.8 Å². The first-order valence-electron chi connectivity index (χ1n) is 7.15. The van der Waals surface area contributed by atoms with Crippen LogP contribution in [0.1, 0.15) is 50.0 Å². The van der Waals surface area contributed by atoms with Crippen LogP contribution in [-0.4, -0.2) is 22.3 Å². The van der Waals surface area contributed by atoms with E-state index < -0.39 is 16.5 Å². The molecule has 0 aliphatic carbocycles. The Bertz CT molecular complexity index is 751. The van der Waals surface area contributed by atoms with Crippen molar-refractivity contribution >= 4 is 23.5 Å². The predicted molar refractivity (Wildman–Crippen MR) is 87.2 cm³/mol. The van der Waals surface area contributed by atoms with Crippen molar-refractivity contribution in [1.29, 1.82) is 5.26 Å². The topological polar surface area (TPSA) is 110 Å². The summed E-state index contributed by atoms with van der Waals surface area (Å²) in [5.74, 6) is -1.02. The van der Waals surface area contributed by atoms with Gasteiger partial charge in [0.15, 0.2) is 5.78 Å². The lowest BCUT2D eigenvalue weighted by atomic mass is 10.0. The van der Waals surface area contributed by atoms with Gasteiger partial charge in [0.05, 0.1) is 28.5 Å². The van der Waals surface area contributed by atoms with Gasteiger partial charge in [-0.2, -0.15) is 5.26 Å². The largest absolute Gasteiger partial charge is 0.457 e. The molecule has 1 aromatic rings. The van der Waals surface area contributed by atoms with E-state index in [-0.39, 0.29) is 34.6 Å². The molecule has 0 spiro atoms. The van der Waals surface area contributed by atoms with Gasteiger partial charge in [-0.3, -0.25) is 14.9 Å². The smallest absolute Gasteiger partial charge is 0.335 e. The third-order valence-electron chi connectivity index (χ3n) is 2.89. The molecule has 0 unspecified atom stereocenters. The Morgan fingerprint density at radius 3 is 2.46 bits per heavy atom. The number of nitrogens with zero attached hydrogens (tertiary/aromatic N) is 2. The number of benzene rings is 1. The first kappa shape index (κ1) is 19.0. The van der Waals surface area contributed by atoms with Crippen molar-refractivity contribution in [2.75, 3.05) is 0 Å². The molecule has 0 N–H and O–H groups in total. The zero-order valence-electron chi connectivity index (χ0n) is 14.0. The molecule has 0 atom stereocenters. The van der Waals surface area contributed by atoms with E-state index in [4.69, 9.17) is 10.00 Å². The molecule has 0 aliphatic rings. The predicted octanol–water partition coefficient (Wildman–Crippen LogP) is 3.44. The molecule has 0 aliphatic heterocycles. The van der Waals surface area contributed by atoms with Crippen LogP contribution in [0.3, 0.4) is 0 Å². The average Bonchev–Trinajstić information content (AvgIpc) is 2.44. The van der Waals surface area contributed by atoms with Gasteiger partial charge in [-0.1, -0.05) is 6.07 Å². The number of carbonyl (C=O) groups excluding carboxylic acids is 2. The van der Waals surface area contributed by atoms with Crippen molar-refractivity contribution in [3.8, 4) is 6.07 Å². The van der Waals surface area contributed by atoms with Crippen LogP contribution in [0.25, 0.3) is 6.08 Å². The Morgan fingerprint density at radius 2 is 2.00 bits per heavy atom. The molecule has 0 amide bonds. The number of Topliss-reactive ketones (excluding diaryl/α,β-unsaturated/α-hetero) is 1. The van der Waals surface area contributed by atoms with Crippen molar-refractivity contribution in [2.45, 2.75) is 39.7 Å². The van der Waals surface area contributed by atoms with Gasteiger partial charge in [-0.25, -0.2) is 4.79 Å². The summed E-state index contributed by atoms with van der Waals surface area (Å²) in [4.78, 5) is 34.1. The highest BCUT2D eigenvalue weighted by Crippen LogP contribution is 2.25. The van der Waals surface area contributed by atoms with Crippen molar-refractivity contribution < 1.29 is 19.2 Å². The SMILES string of the molecule is CC(=O)c1ccc(/C=C(\CC#N)C(=O)OC(C)(C)C)c([N+](=O)[O-])c1. The van der Waals surface area contributed by atoms with Crippen LogP contribution in [-0.2, 0) is 9.53 Å². The van der Waals surface area contributed by atoms with Crippen molar-refractivity contribution in [2.24, 2.45) is 0 Å². The second-order valence-electron chi connectivity index (χ2n) is 6.09. The molecule has 7 nitrogen and oxygen atoms in total. The van der Waals surface area contributed by atoms with Gasteiger partial charge in [-0.15, -0.1) is 0 Å². The number of carbonyl (C=O) groups is 2. The zero-order chi connectivity index (χ0) is 18.5. The van der Waals surface area contributed by atoms with E-state index in [0.717, 1.165) is 6.07 Å². The number of ether oxygens (including phenoxy) is 1. The Kier molecular flexibility index (Phi) is 5.95. The highest BCUT2D eigenvalue weighted by molar-refractivity contribution is 5.97. The van der Waals surface area contributed by atoms with Crippen LogP contribution in [0.4, 0.5) is 5.69 Å². The Labute approximate surface area is 139 Å².